The summed E-state index contributed by atoms with van der Waals surface area (Å²) in [7, 11) is -41.1. The third kappa shape index (κ3) is 14.6. The Morgan fingerprint density at radius 2 is 0.615 bits per heavy atom. The third-order valence-electron chi connectivity index (χ3n) is 3.66. The van der Waals surface area contributed by atoms with Crippen molar-refractivity contribution in [3.05, 3.63) is 0 Å². The van der Waals surface area contributed by atoms with Crippen LogP contribution in [0.25, 0.3) is 0 Å². The summed E-state index contributed by atoms with van der Waals surface area (Å²) in [4.78, 5) is 112. The lowest BCUT2D eigenvalue weighted by Gasteiger charge is -2.48. The van der Waals surface area contributed by atoms with Gasteiger partial charge in [0.15, 0.2) is 0 Å². The van der Waals surface area contributed by atoms with E-state index in [1.165, 1.54) is 0 Å². The zero-order chi connectivity index (χ0) is 31.0. The lowest BCUT2D eigenvalue weighted by molar-refractivity contribution is -0.203. The Balaban J connectivity index is 4.11. The number of phosphoric ester groups is 6. The Bertz CT molecular complexity index is 1100. The summed E-state index contributed by atoms with van der Waals surface area (Å²) in [5.41, 5.74) is 0. The average Bonchev–Trinajstić information content (AvgIpc) is 2.58. The molecule has 8 atom stereocenters. The third-order valence-corrected chi connectivity index (χ3v) is 8.12. The van der Waals surface area contributed by atoms with Gasteiger partial charge in [-0.3, -0.25) is 27.1 Å². The minimum atomic E-state index is -6.19. The van der Waals surface area contributed by atoms with Crippen molar-refractivity contribution in [3.63, 3.8) is 0 Å². The highest BCUT2D eigenvalue weighted by atomic mass is 31.2. The van der Waals surface area contributed by atoms with Crippen molar-refractivity contribution in [1.29, 1.82) is 0 Å². The maximum Gasteiger partial charge on any atom is 0.515 e. The first-order valence-corrected chi connectivity index (χ1v) is 18.8. The normalized spacial score (nSPS) is 29.6. The molecule has 0 amide bonds. The SMILES string of the molecule is O=[P+]([O-])OP(=O)(O)OC1[C@@H](OP(=O)(O)O)[C@H](OP(=O)(O)O)C(OP(=O)(O)O)[C@H](OP(=O)(O)O)[C@H]1OP(=O)(O)O. The van der Waals surface area contributed by atoms with Crippen molar-refractivity contribution in [2.45, 2.75) is 36.6 Å². The zero-order valence-corrected chi connectivity index (χ0v) is 23.9. The van der Waals surface area contributed by atoms with Gasteiger partial charge in [-0.1, -0.05) is 0 Å². The molecule has 1 rings (SSSR count). The average molecular weight is 722 g/mol. The second-order valence-electron chi connectivity index (χ2n) is 6.65. The van der Waals surface area contributed by atoms with E-state index in [1.807, 2.05) is 0 Å². The Morgan fingerprint density at radius 3 is 0.769 bits per heavy atom. The highest BCUT2D eigenvalue weighted by Crippen LogP contribution is 2.59. The summed E-state index contributed by atoms with van der Waals surface area (Å²) in [6.45, 7) is 0. The molecule has 4 unspecified atom stereocenters. The van der Waals surface area contributed by atoms with Crippen LogP contribution in [0.3, 0.4) is 0 Å². The molecule has 33 heteroatoms. The van der Waals surface area contributed by atoms with E-state index in [9.17, 15) is 90.7 Å². The molecule has 0 heterocycles. The smallest absolute Gasteiger partial charge is 0.515 e. The molecule has 26 nitrogen and oxygen atoms in total. The molecule has 1 aliphatic rings. The van der Waals surface area contributed by atoms with E-state index < -0.39 is 91.8 Å². The van der Waals surface area contributed by atoms with Crippen LogP contribution >= 0.6 is 55.2 Å². The second kappa shape index (κ2) is 13.2. The monoisotopic (exact) mass is 722 g/mol. The maximum absolute atomic E-state index is 12.1. The predicted molar refractivity (Wildman–Crippen MR) is 108 cm³/mol. The van der Waals surface area contributed by atoms with Crippen LogP contribution in [-0.4, -0.2) is 90.5 Å². The van der Waals surface area contributed by atoms with Crippen LogP contribution in [0.2, 0.25) is 0 Å². The Kier molecular flexibility index (Phi) is 12.7. The highest BCUT2D eigenvalue weighted by molar-refractivity contribution is 7.55. The molecular weight excluding hydrogens is 705 g/mol. The molecule has 39 heavy (non-hydrogen) atoms. The van der Waals surface area contributed by atoms with Crippen LogP contribution in [0, 0.1) is 0 Å². The van der Waals surface area contributed by atoms with Gasteiger partial charge in [0.05, 0.1) is 0 Å². The maximum atomic E-state index is 12.1. The number of phosphoric acid groups is 6. The molecule has 0 aromatic rings. The van der Waals surface area contributed by atoms with E-state index in [-0.39, 0.29) is 0 Å². The molecule has 1 saturated carbocycles. The fourth-order valence-electron chi connectivity index (χ4n) is 2.89. The van der Waals surface area contributed by atoms with E-state index in [2.05, 4.69) is 31.5 Å². The summed E-state index contributed by atoms with van der Waals surface area (Å²) >= 11 is 0. The molecule has 0 aromatic heterocycles. The van der Waals surface area contributed by atoms with Crippen molar-refractivity contribution in [2.24, 2.45) is 0 Å². The zero-order valence-electron chi connectivity index (χ0n) is 17.6. The Morgan fingerprint density at radius 1 is 0.436 bits per heavy atom. The molecule has 232 valence electrons. The standard InChI is InChI=1S/C6H17O26P7/c7-33(8)32-39(24,25)31-6-4(29-37(18,19)20)2(27-35(12,13)14)1(26-34(9,10)11)3(28-36(15,16)17)5(6)30-38(21,22)23/h1-6H,(H,24,25)(H2,9,10,11)(H2,12,13,14)(H2,15,16,17)(H2,18,19,20)(H2,21,22,23)/t1?,2-,3+,4+,5-,6?. The minimum absolute atomic E-state index is 3.23. The van der Waals surface area contributed by atoms with Crippen molar-refractivity contribution in [2.75, 3.05) is 0 Å². The first-order chi connectivity index (χ1) is 17.0. The van der Waals surface area contributed by atoms with Crippen molar-refractivity contribution in [1.82, 2.24) is 0 Å². The van der Waals surface area contributed by atoms with E-state index in [0.717, 1.165) is 0 Å². The second-order valence-corrected chi connectivity index (χ2v) is 14.9. The topological polar surface area (TPSA) is 430 Å². The van der Waals surface area contributed by atoms with Gasteiger partial charge in [-0.15, -0.1) is 0 Å². The van der Waals surface area contributed by atoms with E-state index in [1.54, 1.807) is 0 Å². The summed E-state index contributed by atoms with van der Waals surface area (Å²) in [5, 5.41) is 0. The van der Waals surface area contributed by atoms with Gasteiger partial charge in [-0.25, -0.2) is 27.4 Å². The van der Waals surface area contributed by atoms with Gasteiger partial charge in [0.1, 0.15) is 36.6 Å². The molecular formula is C6H17O26P7. The van der Waals surface area contributed by atoms with Crippen LogP contribution < -0.4 is 4.89 Å². The molecule has 0 aromatic carbocycles. The van der Waals surface area contributed by atoms with Gasteiger partial charge >= 0.3 is 55.2 Å². The van der Waals surface area contributed by atoms with Gasteiger partial charge in [0, 0.05) is 0 Å². The van der Waals surface area contributed by atoms with Crippen molar-refractivity contribution >= 4 is 55.2 Å². The first-order valence-electron chi connectivity index (χ1n) is 8.54. The minimum Gasteiger partial charge on any atom is -0.566 e. The summed E-state index contributed by atoms with van der Waals surface area (Å²) in [5.74, 6) is 0. The molecule has 0 radical (unpaired) electrons. The first kappa shape index (κ1) is 37.7. The van der Waals surface area contributed by atoms with Crippen LogP contribution in [0.4, 0.5) is 0 Å². The van der Waals surface area contributed by atoms with Crippen molar-refractivity contribution in [3.8, 4) is 0 Å². The van der Waals surface area contributed by atoms with Crippen LogP contribution in [0.5, 0.6) is 0 Å². The molecule has 0 spiro atoms. The van der Waals surface area contributed by atoms with Crippen LogP contribution in [-0.2, 0) is 63.4 Å². The summed E-state index contributed by atoms with van der Waals surface area (Å²) < 4.78 is 109. The number of rotatable bonds is 14. The quantitative estimate of drug-likeness (QED) is 0.0791. The van der Waals surface area contributed by atoms with Crippen LogP contribution in [0.15, 0.2) is 0 Å². The molecule has 11 N–H and O–H groups in total. The Labute approximate surface area is 214 Å². The van der Waals surface area contributed by atoms with Gasteiger partial charge in [0.2, 0.25) is 0 Å². The molecule has 1 fully saturated rings. The fourth-order valence-corrected chi connectivity index (χ4v) is 7.05. The van der Waals surface area contributed by atoms with Crippen molar-refractivity contribution < 1.29 is 122 Å². The van der Waals surface area contributed by atoms with Gasteiger partial charge in [0.25, 0.3) is 0 Å². The summed E-state index contributed by atoms with van der Waals surface area (Å²) in [6.07, 6.45) is -19.5. The largest absolute Gasteiger partial charge is 0.566 e. The predicted octanol–water partition coefficient (Wildman–Crippen LogP) is -3.09. The lowest BCUT2D eigenvalue weighted by Crippen LogP contribution is -2.66. The summed E-state index contributed by atoms with van der Waals surface area (Å²) in [6, 6.07) is 0. The number of hydrogen-bond acceptors (Lipinski definition) is 15. The van der Waals surface area contributed by atoms with Gasteiger partial charge in [-0.2, -0.15) is 0 Å². The molecule has 0 bridgehead atoms. The molecule has 1 aliphatic carbocycles. The molecule has 0 saturated heterocycles. The van der Waals surface area contributed by atoms with E-state index in [4.69, 9.17) is 0 Å². The number of hydrogen-bond donors (Lipinski definition) is 11. The fraction of sp³-hybridized carbons (Fsp3) is 1.00. The van der Waals surface area contributed by atoms with Gasteiger partial charge < -0.3 is 58.7 Å². The lowest BCUT2D eigenvalue weighted by atomic mass is 9.85. The Hall–Kier alpha value is 0.720. The van der Waals surface area contributed by atoms with E-state index in [0.29, 0.717) is 0 Å². The van der Waals surface area contributed by atoms with E-state index >= 15 is 0 Å². The highest BCUT2D eigenvalue weighted by Gasteiger charge is 2.63. The van der Waals surface area contributed by atoms with Crippen LogP contribution in [0.1, 0.15) is 0 Å². The van der Waals surface area contributed by atoms with Gasteiger partial charge in [-0.05, 0) is 8.88 Å². The molecule has 0 aliphatic heterocycles.